The van der Waals surface area contributed by atoms with Gasteiger partial charge in [0, 0.05) is 41.6 Å². The first-order chi connectivity index (χ1) is 19.2. The molecule has 6 rings (SSSR count). The van der Waals surface area contributed by atoms with Crippen molar-refractivity contribution in [2.45, 2.75) is 38.0 Å². The molecule has 200 valence electrons. The van der Waals surface area contributed by atoms with E-state index >= 15 is 0 Å². The van der Waals surface area contributed by atoms with E-state index in [4.69, 9.17) is 4.74 Å². The molecule has 2 heterocycles. The van der Waals surface area contributed by atoms with Crippen molar-refractivity contribution in [3.63, 3.8) is 0 Å². The summed E-state index contributed by atoms with van der Waals surface area (Å²) in [4.78, 5) is 15.7. The normalized spacial score (nSPS) is 20.4. The molecule has 4 aromatic carbocycles. The lowest BCUT2D eigenvalue weighted by Gasteiger charge is -2.24. The second-order valence-electron chi connectivity index (χ2n) is 11.5. The molecule has 0 amide bonds. The highest BCUT2D eigenvalue weighted by molar-refractivity contribution is 6.09. The predicted molar refractivity (Wildman–Crippen MR) is 164 cm³/mol. The fraction of sp³-hybridized carbons (Fsp3) is 0.222. The van der Waals surface area contributed by atoms with Crippen molar-refractivity contribution in [2.24, 2.45) is 0 Å². The van der Waals surface area contributed by atoms with Crippen LogP contribution in [0.4, 0.5) is 11.4 Å². The summed E-state index contributed by atoms with van der Waals surface area (Å²) in [5, 5.41) is 2.33. The van der Waals surface area contributed by atoms with Gasteiger partial charge in [-0.3, -0.25) is 4.79 Å². The Morgan fingerprint density at radius 1 is 0.900 bits per heavy atom. The van der Waals surface area contributed by atoms with Crippen LogP contribution >= 0.6 is 0 Å². The molecule has 4 nitrogen and oxygen atoms in total. The zero-order valence-corrected chi connectivity index (χ0v) is 23.8. The largest absolute Gasteiger partial charge is 0.426 e. The number of rotatable bonds is 5. The van der Waals surface area contributed by atoms with Gasteiger partial charge < -0.3 is 9.64 Å². The highest BCUT2D eigenvalue weighted by atomic mass is 16.5. The summed E-state index contributed by atoms with van der Waals surface area (Å²) >= 11 is 0. The fourth-order valence-electron chi connectivity index (χ4n) is 6.70. The van der Waals surface area contributed by atoms with Gasteiger partial charge in [-0.2, -0.15) is 4.58 Å². The molecule has 1 unspecified atom stereocenters. The van der Waals surface area contributed by atoms with Gasteiger partial charge in [0.2, 0.25) is 5.69 Å². The van der Waals surface area contributed by atoms with E-state index in [-0.39, 0.29) is 17.8 Å². The summed E-state index contributed by atoms with van der Waals surface area (Å²) < 4.78 is 8.03. The topological polar surface area (TPSA) is 32.5 Å². The van der Waals surface area contributed by atoms with E-state index in [1.165, 1.54) is 16.9 Å². The first-order valence-electron chi connectivity index (χ1n) is 13.8. The molecule has 0 aliphatic carbocycles. The molecule has 0 saturated carbocycles. The van der Waals surface area contributed by atoms with Gasteiger partial charge in [-0.25, -0.2) is 0 Å². The summed E-state index contributed by atoms with van der Waals surface area (Å²) in [5.74, 6) is 0.313. The molecule has 4 heteroatoms. The number of allylic oxidation sites excluding steroid dienone is 4. The summed E-state index contributed by atoms with van der Waals surface area (Å²) in [7, 11) is 4.23. The molecule has 0 spiro atoms. The van der Waals surface area contributed by atoms with Crippen LogP contribution in [0.3, 0.4) is 0 Å². The number of para-hydroxylation sites is 2. The third-order valence-corrected chi connectivity index (χ3v) is 8.67. The van der Waals surface area contributed by atoms with Crippen LogP contribution in [-0.2, 0) is 15.6 Å². The van der Waals surface area contributed by atoms with E-state index in [0.717, 1.165) is 27.7 Å². The smallest absolute Gasteiger partial charge is 0.312 e. The average Bonchev–Trinajstić information content (AvgIpc) is 3.28. The number of esters is 1. The Morgan fingerprint density at radius 2 is 1.60 bits per heavy atom. The maximum Gasteiger partial charge on any atom is 0.312 e. The van der Waals surface area contributed by atoms with Gasteiger partial charge in [-0.1, -0.05) is 80.6 Å². The lowest BCUT2D eigenvalue weighted by molar-refractivity contribution is -0.401. The number of hydrogen-bond acceptors (Lipinski definition) is 3. The van der Waals surface area contributed by atoms with Crippen molar-refractivity contribution in [1.82, 2.24) is 0 Å². The van der Waals surface area contributed by atoms with Gasteiger partial charge in [0.05, 0.1) is 11.8 Å². The van der Waals surface area contributed by atoms with E-state index < -0.39 is 5.41 Å². The van der Waals surface area contributed by atoms with Gasteiger partial charge >= 0.3 is 5.97 Å². The van der Waals surface area contributed by atoms with Crippen molar-refractivity contribution in [2.75, 3.05) is 19.0 Å². The van der Waals surface area contributed by atoms with Crippen LogP contribution in [0.15, 0.2) is 115 Å². The number of benzene rings is 4. The van der Waals surface area contributed by atoms with Crippen molar-refractivity contribution < 1.29 is 14.1 Å². The van der Waals surface area contributed by atoms with Crippen LogP contribution in [0.25, 0.3) is 10.8 Å². The zero-order valence-electron chi connectivity index (χ0n) is 23.8. The Hall–Kier alpha value is -4.44. The van der Waals surface area contributed by atoms with Crippen LogP contribution < -0.4 is 9.64 Å². The lowest BCUT2D eigenvalue weighted by atomic mass is 9.74. The molecule has 2 aliphatic heterocycles. The van der Waals surface area contributed by atoms with E-state index in [0.29, 0.717) is 5.75 Å². The maximum atomic E-state index is 13.4. The number of nitrogens with zero attached hydrogens (tertiary/aromatic N) is 2. The molecule has 4 aromatic rings. The molecule has 0 saturated heterocycles. The first-order valence-corrected chi connectivity index (χ1v) is 13.8. The average molecular weight is 528 g/mol. The molecule has 0 N–H and O–H groups in total. The molecule has 0 bridgehead atoms. The van der Waals surface area contributed by atoms with Gasteiger partial charge in [-0.05, 0) is 53.6 Å². The van der Waals surface area contributed by atoms with E-state index in [9.17, 15) is 4.79 Å². The van der Waals surface area contributed by atoms with E-state index in [1.54, 1.807) is 0 Å². The maximum absolute atomic E-state index is 13.4. The number of likely N-dealkylation sites (N-methyl/N-ethyl adjacent to an activating group) is 1. The molecule has 0 radical (unpaired) electrons. The van der Waals surface area contributed by atoms with Crippen LogP contribution in [0.5, 0.6) is 5.75 Å². The molecule has 40 heavy (non-hydrogen) atoms. The van der Waals surface area contributed by atoms with Crippen LogP contribution in [-0.4, -0.2) is 30.4 Å². The number of ether oxygens (including phenoxy) is 1. The fourth-order valence-corrected chi connectivity index (χ4v) is 6.70. The Kier molecular flexibility index (Phi) is 6.22. The second-order valence-corrected chi connectivity index (χ2v) is 11.5. The quantitative estimate of drug-likeness (QED) is 0.152. The second kappa shape index (κ2) is 9.63. The van der Waals surface area contributed by atoms with E-state index in [2.05, 4.69) is 123 Å². The summed E-state index contributed by atoms with van der Waals surface area (Å²) in [6, 6.07) is 30.7. The minimum absolute atomic E-state index is 0.107. The predicted octanol–water partition coefficient (Wildman–Crippen LogP) is 7.69. The van der Waals surface area contributed by atoms with Crippen molar-refractivity contribution in [3.8, 4) is 5.75 Å². The first kappa shape index (κ1) is 25.8. The molecular weight excluding hydrogens is 492 g/mol. The highest BCUT2D eigenvalue weighted by Crippen LogP contribution is 2.48. The Balaban J connectivity index is 1.41. The third kappa shape index (κ3) is 4.06. The van der Waals surface area contributed by atoms with Crippen molar-refractivity contribution in [1.29, 1.82) is 0 Å². The van der Waals surface area contributed by atoms with Gasteiger partial charge in [0.1, 0.15) is 12.8 Å². The van der Waals surface area contributed by atoms with Gasteiger partial charge in [0.25, 0.3) is 0 Å². The SMILES string of the molecule is CN1/C(=C/C=C/C2=[N+](C)c3ccc4ccccc4c3C2(C)CC(=O)Oc2ccccc2)C(C)(C)c2ccccc21. The molecular formula is C36H35N2O2+. The van der Waals surface area contributed by atoms with Crippen molar-refractivity contribution in [3.05, 3.63) is 126 Å². The van der Waals surface area contributed by atoms with Gasteiger partial charge in [0.15, 0.2) is 5.71 Å². The number of anilines is 1. The number of carbonyl (C=O) groups excluding carboxylic acids is 1. The van der Waals surface area contributed by atoms with Crippen molar-refractivity contribution >= 4 is 33.8 Å². The Morgan fingerprint density at radius 3 is 2.38 bits per heavy atom. The van der Waals surface area contributed by atoms with E-state index in [1.807, 2.05) is 30.3 Å². The van der Waals surface area contributed by atoms with Crippen LogP contribution in [0.2, 0.25) is 0 Å². The molecule has 1 atom stereocenters. The summed E-state index contributed by atoms with van der Waals surface area (Å²) in [5.41, 5.74) is 6.47. The number of fused-ring (bicyclic) bond motifs is 4. The monoisotopic (exact) mass is 527 g/mol. The standard InChI is InChI=1S/C36H35N2O2/c1-35(2)28-18-11-12-19-29(28)37(4)31(35)20-13-21-32-36(3,24-33(39)40-26-15-7-6-8-16-26)34-27-17-10-9-14-25(27)22-23-30(34)38(32)5/h6-23H,24H2,1-5H3/q+1. The summed E-state index contributed by atoms with van der Waals surface area (Å²) in [6.45, 7) is 6.72. The highest BCUT2D eigenvalue weighted by Gasteiger charge is 2.49. The molecule has 2 aliphatic rings. The number of carbonyl (C=O) groups is 1. The summed E-state index contributed by atoms with van der Waals surface area (Å²) in [6.07, 6.45) is 6.75. The molecule has 0 aromatic heterocycles. The third-order valence-electron chi connectivity index (χ3n) is 8.67. The van der Waals surface area contributed by atoms with Crippen LogP contribution in [0.1, 0.15) is 38.3 Å². The molecule has 0 fully saturated rings. The minimum Gasteiger partial charge on any atom is -0.426 e. The van der Waals surface area contributed by atoms with Crippen LogP contribution in [0, 0.1) is 0 Å². The lowest BCUT2D eigenvalue weighted by Crippen LogP contribution is -2.34. The number of hydrogen-bond donors (Lipinski definition) is 0. The minimum atomic E-state index is -0.578. The van der Waals surface area contributed by atoms with Gasteiger partial charge in [-0.15, -0.1) is 0 Å². The zero-order chi connectivity index (χ0) is 28.1. The Bertz CT molecular complexity index is 1730. The Labute approximate surface area is 236 Å².